The van der Waals surface area contributed by atoms with E-state index in [-0.39, 0.29) is 11.9 Å². The molecule has 2 atom stereocenters. The number of rotatable bonds is 2. The third kappa shape index (κ3) is 2.85. The van der Waals surface area contributed by atoms with Crippen molar-refractivity contribution in [2.24, 2.45) is 11.3 Å². The fourth-order valence-electron chi connectivity index (χ4n) is 1.78. The number of hydrogen-bond acceptors (Lipinski definition) is 3. The number of nitrogens with zero attached hydrogens (tertiary/aromatic N) is 1. The first kappa shape index (κ1) is 12.8. The summed E-state index contributed by atoms with van der Waals surface area (Å²) in [5.74, 6) is -0.543. The molecular formula is C13H19NO2. The number of hydrogen-bond donors (Lipinski definition) is 0. The first-order chi connectivity index (χ1) is 7.20. The fourth-order valence-corrected chi connectivity index (χ4v) is 1.78. The van der Waals surface area contributed by atoms with Gasteiger partial charge in [0.15, 0.2) is 0 Å². The summed E-state index contributed by atoms with van der Waals surface area (Å²) in [6, 6.07) is 2.22. The van der Waals surface area contributed by atoms with Crippen LogP contribution in [0.15, 0.2) is 11.6 Å². The topological polar surface area (TPSA) is 50.1 Å². The second-order valence-corrected chi connectivity index (χ2v) is 5.66. The van der Waals surface area contributed by atoms with Gasteiger partial charge in [-0.15, -0.1) is 0 Å². The van der Waals surface area contributed by atoms with Gasteiger partial charge in [0.1, 0.15) is 5.60 Å². The molecular weight excluding hydrogens is 202 g/mol. The predicted molar refractivity (Wildman–Crippen MR) is 61.4 cm³/mol. The van der Waals surface area contributed by atoms with Crippen molar-refractivity contribution in [3.63, 3.8) is 0 Å². The molecule has 0 heterocycles. The molecule has 1 aliphatic carbocycles. The first-order valence-corrected chi connectivity index (χ1v) is 5.50. The molecule has 0 saturated heterocycles. The molecule has 0 aromatic rings. The van der Waals surface area contributed by atoms with Crippen molar-refractivity contribution in [2.75, 3.05) is 0 Å². The van der Waals surface area contributed by atoms with Gasteiger partial charge in [0.05, 0.1) is 17.4 Å². The zero-order chi connectivity index (χ0) is 12.6. The summed E-state index contributed by atoms with van der Waals surface area (Å²) in [4.78, 5) is 11.8. The van der Waals surface area contributed by atoms with Gasteiger partial charge in [-0.3, -0.25) is 4.79 Å². The Hall–Kier alpha value is -1.30. The lowest BCUT2D eigenvalue weighted by Gasteiger charge is -2.19. The number of esters is 1. The van der Waals surface area contributed by atoms with Crippen LogP contribution in [0.3, 0.4) is 0 Å². The summed E-state index contributed by atoms with van der Waals surface area (Å²) in [5, 5.41) is 9.12. The monoisotopic (exact) mass is 221 g/mol. The Balaban J connectivity index is 2.72. The maximum Gasteiger partial charge on any atom is 0.311 e. The molecule has 0 aliphatic heterocycles. The Labute approximate surface area is 97.1 Å². The molecule has 0 bridgehead atoms. The van der Waals surface area contributed by atoms with Gasteiger partial charge in [-0.25, -0.2) is 0 Å². The van der Waals surface area contributed by atoms with Crippen molar-refractivity contribution in [1.82, 2.24) is 0 Å². The summed E-state index contributed by atoms with van der Waals surface area (Å²) in [5.41, 5.74) is -0.0277. The standard InChI is InChI=1S/C13H19NO2/c1-9(2)6-13(8-14)7-10(13)11(15)16-12(3,4)5/h6,10H,7H2,1-5H3/t10-,13-/m1/s1. The molecule has 88 valence electrons. The lowest BCUT2D eigenvalue weighted by molar-refractivity contribution is -0.157. The highest BCUT2D eigenvalue weighted by Crippen LogP contribution is 2.54. The summed E-state index contributed by atoms with van der Waals surface area (Å²) in [6.07, 6.45) is 2.46. The van der Waals surface area contributed by atoms with Crippen molar-refractivity contribution in [3.05, 3.63) is 11.6 Å². The van der Waals surface area contributed by atoms with Crippen LogP contribution in [-0.2, 0) is 9.53 Å². The Morgan fingerprint density at radius 2 is 2.06 bits per heavy atom. The maximum atomic E-state index is 11.8. The van der Waals surface area contributed by atoms with Crippen molar-refractivity contribution in [2.45, 2.75) is 46.6 Å². The van der Waals surface area contributed by atoms with E-state index < -0.39 is 11.0 Å². The molecule has 16 heavy (non-hydrogen) atoms. The number of ether oxygens (including phenoxy) is 1. The van der Waals surface area contributed by atoms with Gasteiger partial charge in [0.2, 0.25) is 0 Å². The fraction of sp³-hybridized carbons (Fsp3) is 0.692. The Kier molecular flexibility index (Phi) is 3.14. The van der Waals surface area contributed by atoms with E-state index in [0.717, 1.165) is 5.57 Å². The van der Waals surface area contributed by atoms with E-state index in [1.807, 2.05) is 40.7 Å². The summed E-state index contributed by atoms with van der Waals surface area (Å²) >= 11 is 0. The highest BCUT2D eigenvalue weighted by molar-refractivity contribution is 5.79. The molecule has 1 aliphatic rings. The minimum absolute atomic E-state index is 0.258. The molecule has 1 rings (SSSR count). The number of carbonyl (C=O) groups excluding carboxylic acids is 1. The molecule has 3 nitrogen and oxygen atoms in total. The van der Waals surface area contributed by atoms with E-state index in [9.17, 15) is 4.79 Å². The Morgan fingerprint density at radius 1 is 1.50 bits per heavy atom. The second-order valence-electron chi connectivity index (χ2n) is 5.66. The minimum Gasteiger partial charge on any atom is -0.460 e. The second kappa shape index (κ2) is 3.93. The molecule has 0 aromatic carbocycles. The molecule has 3 heteroatoms. The smallest absolute Gasteiger partial charge is 0.311 e. The van der Waals surface area contributed by atoms with Crippen LogP contribution in [0, 0.1) is 22.7 Å². The van der Waals surface area contributed by atoms with Crippen LogP contribution in [0.5, 0.6) is 0 Å². The van der Waals surface area contributed by atoms with Crippen LogP contribution in [0.1, 0.15) is 41.0 Å². The zero-order valence-corrected chi connectivity index (χ0v) is 10.6. The summed E-state index contributed by atoms with van der Waals surface area (Å²) < 4.78 is 5.28. The maximum absolute atomic E-state index is 11.8. The van der Waals surface area contributed by atoms with Crippen LogP contribution in [0.2, 0.25) is 0 Å². The Morgan fingerprint density at radius 3 is 2.44 bits per heavy atom. The lowest BCUT2D eigenvalue weighted by Crippen LogP contribution is -2.26. The van der Waals surface area contributed by atoms with Gasteiger partial charge in [-0.05, 0) is 41.0 Å². The molecule has 0 unspecified atom stereocenters. The molecule has 0 radical (unpaired) electrons. The van der Waals surface area contributed by atoms with Gasteiger partial charge in [-0.1, -0.05) is 11.6 Å². The van der Waals surface area contributed by atoms with Gasteiger partial charge in [0, 0.05) is 0 Å². The van der Waals surface area contributed by atoms with Gasteiger partial charge < -0.3 is 4.74 Å². The Bertz CT molecular complexity index is 366. The molecule has 0 N–H and O–H groups in total. The van der Waals surface area contributed by atoms with Crippen molar-refractivity contribution < 1.29 is 9.53 Å². The van der Waals surface area contributed by atoms with E-state index in [1.165, 1.54) is 0 Å². The van der Waals surface area contributed by atoms with E-state index in [2.05, 4.69) is 6.07 Å². The SMILES string of the molecule is CC(C)=C[C@]1(C#N)C[C@@H]1C(=O)OC(C)(C)C. The third-order valence-corrected chi connectivity index (χ3v) is 2.45. The number of nitriles is 1. The first-order valence-electron chi connectivity index (χ1n) is 5.50. The largest absolute Gasteiger partial charge is 0.460 e. The third-order valence-electron chi connectivity index (χ3n) is 2.45. The lowest BCUT2D eigenvalue weighted by atomic mass is 10.0. The molecule has 0 aromatic heterocycles. The average molecular weight is 221 g/mol. The predicted octanol–water partition coefficient (Wildman–Crippen LogP) is 2.82. The van der Waals surface area contributed by atoms with E-state index in [1.54, 1.807) is 0 Å². The molecule has 0 amide bonds. The van der Waals surface area contributed by atoms with Crippen LogP contribution in [-0.4, -0.2) is 11.6 Å². The van der Waals surface area contributed by atoms with E-state index in [4.69, 9.17) is 10.00 Å². The van der Waals surface area contributed by atoms with Crippen LogP contribution in [0.4, 0.5) is 0 Å². The highest BCUT2D eigenvalue weighted by atomic mass is 16.6. The van der Waals surface area contributed by atoms with Gasteiger partial charge in [-0.2, -0.15) is 5.26 Å². The molecule has 1 fully saturated rings. The minimum atomic E-state index is -0.610. The van der Waals surface area contributed by atoms with Gasteiger partial charge in [0.25, 0.3) is 0 Å². The van der Waals surface area contributed by atoms with Crippen LogP contribution >= 0.6 is 0 Å². The van der Waals surface area contributed by atoms with Crippen molar-refractivity contribution in [1.29, 1.82) is 5.26 Å². The highest BCUT2D eigenvalue weighted by Gasteiger charge is 2.59. The number of allylic oxidation sites excluding steroid dienone is 2. The summed E-state index contributed by atoms with van der Waals surface area (Å²) in [6.45, 7) is 9.37. The van der Waals surface area contributed by atoms with Gasteiger partial charge >= 0.3 is 5.97 Å². The van der Waals surface area contributed by atoms with E-state index >= 15 is 0 Å². The zero-order valence-electron chi connectivity index (χ0n) is 10.6. The normalized spacial score (nSPS) is 27.9. The molecule has 0 spiro atoms. The summed E-state index contributed by atoms with van der Waals surface area (Å²) in [7, 11) is 0. The quantitative estimate of drug-likeness (QED) is 0.532. The molecule has 1 saturated carbocycles. The average Bonchev–Trinajstić information content (AvgIpc) is 2.76. The van der Waals surface area contributed by atoms with Crippen molar-refractivity contribution in [3.8, 4) is 6.07 Å². The number of carbonyl (C=O) groups is 1. The van der Waals surface area contributed by atoms with Crippen LogP contribution in [0.25, 0.3) is 0 Å². The van der Waals surface area contributed by atoms with Crippen LogP contribution < -0.4 is 0 Å². The van der Waals surface area contributed by atoms with E-state index in [0.29, 0.717) is 6.42 Å². The van der Waals surface area contributed by atoms with Crippen molar-refractivity contribution >= 4 is 5.97 Å².